The van der Waals surface area contributed by atoms with Gasteiger partial charge in [-0.05, 0) is 31.4 Å². The molecule has 1 aromatic carbocycles. The normalized spacial score (nSPS) is 18.5. The third-order valence-electron chi connectivity index (χ3n) is 3.89. The predicted octanol–water partition coefficient (Wildman–Crippen LogP) is 3.55. The summed E-state index contributed by atoms with van der Waals surface area (Å²) >= 11 is 0. The van der Waals surface area contributed by atoms with Gasteiger partial charge in [-0.3, -0.25) is 0 Å². The molecule has 0 bridgehead atoms. The molecular weight excluding hydrogens is 290 g/mol. The van der Waals surface area contributed by atoms with Crippen LogP contribution in [0.5, 0.6) is 0 Å². The van der Waals surface area contributed by atoms with Gasteiger partial charge in [0.1, 0.15) is 0 Å². The Morgan fingerprint density at radius 3 is 3.00 bits per heavy atom. The van der Waals surface area contributed by atoms with E-state index in [2.05, 4.69) is 22.1 Å². The number of hydrogen-bond donors (Lipinski definition) is 1. The van der Waals surface area contributed by atoms with Crippen molar-refractivity contribution in [1.82, 2.24) is 9.78 Å². The van der Waals surface area contributed by atoms with E-state index in [1.165, 1.54) is 6.21 Å². The molecule has 0 spiro atoms. The Morgan fingerprint density at radius 2 is 2.30 bits per heavy atom. The predicted molar refractivity (Wildman–Crippen MR) is 89.7 cm³/mol. The van der Waals surface area contributed by atoms with E-state index in [0.29, 0.717) is 0 Å². The van der Waals surface area contributed by atoms with E-state index < -0.39 is 0 Å². The van der Waals surface area contributed by atoms with E-state index in [-0.39, 0.29) is 12.1 Å². The van der Waals surface area contributed by atoms with Crippen LogP contribution in [0.3, 0.4) is 0 Å². The average Bonchev–Trinajstić information content (AvgIpc) is 2.96. The quantitative estimate of drug-likeness (QED) is 0.399. The summed E-state index contributed by atoms with van der Waals surface area (Å²) in [5, 5.41) is 17.6. The SMILES string of the molecule is CC(C)C#Cc1cc2cnn(C3CCCCO3)c2cc1/C=N/O. The Morgan fingerprint density at radius 1 is 1.43 bits per heavy atom. The molecule has 1 aromatic heterocycles. The minimum absolute atomic E-state index is 0.0206. The van der Waals surface area contributed by atoms with Crippen LogP contribution in [0.2, 0.25) is 0 Å². The highest BCUT2D eigenvalue weighted by molar-refractivity contribution is 5.92. The van der Waals surface area contributed by atoms with Crippen LogP contribution in [0.4, 0.5) is 0 Å². The van der Waals surface area contributed by atoms with Gasteiger partial charge in [0.15, 0.2) is 6.23 Å². The molecule has 1 unspecified atom stereocenters. The maximum Gasteiger partial charge on any atom is 0.150 e. The highest BCUT2D eigenvalue weighted by atomic mass is 16.5. The fourth-order valence-corrected chi connectivity index (χ4v) is 2.76. The molecule has 1 N–H and O–H groups in total. The molecule has 5 nitrogen and oxygen atoms in total. The zero-order valence-corrected chi connectivity index (χ0v) is 13.5. The summed E-state index contributed by atoms with van der Waals surface area (Å²) in [7, 11) is 0. The molecule has 0 amide bonds. The molecule has 1 aliphatic rings. The lowest BCUT2D eigenvalue weighted by Crippen LogP contribution is -2.19. The number of oxime groups is 1. The average molecular weight is 311 g/mol. The second-order valence-electron chi connectivity index (χ2n) is 6.08. The molecule has 1 saturated heterocycles. The number of rotatable bonds is 2. The number of benzene rings is 1. The van der Waals surface area contributed by atoms with Crippen LogP contribution < -0.4 is 0 Å². The monoisotopic (exact) mass is 311 g/mol. The van der Waals surface area contributed by atoms with Gasteiger partial charge in [-0.25, -0.2) is 4.68 Å². The van der Waals surface area contributed by atoms with E-state index in [0.717, 1.165) is 47.9 Å². The molecule has 0 saturated carbocycles. The van der Waals surface area contributed by atoms with Gasteiger partial charge >= 0.3 is 0 Å². The first-order chi connectivity index (χ1) is 11.2. The van der Waals surface area contributed by atoms with Crippen molar-refractivity contribution in [3.63, 3.8) is 0 Å². The molecule has 23 heavy (non-hydrogen) atoms. The first-order valence-electron chi connectivity index (χ1n) is 8.01. The summed E-state index contributed by atoms with van der Waals surface area (Å²) in [6, 6.07) is 3.96. The summed E-state index contributed by atoms with van der Waals surface area (Å²) in [5.74, 6) is 6.59. The van der Waals surface area contributed by atoms with Gasteiger partial charge < -0.3 is 9.94 Å². The van der Waals surface area contributed by atoms with Crippen molar-refractivity contribution < 1.29 is 9.94 Å². The lowest BCUT2D eigenvalue weighted by Gasteiger charge is -2.23. The van der Waals surface area contributed by atoms with Crippen molar-refractivity contribution in [2.45, 2.75) is 39.3 Å². The largest absolute Gasteiger partial charge is 0.411 e. The Bertz CT molecular complexity index is 775. The van der Waals surface area contributed by atoms with Crippen LogP contribution in [0, 0.1) is 17.8 Å². The van der Waals surface area contributed by atoms with E-state index in [9.17, 15) is 0 Å². The number of ether oxygens (including phenoxy) is 1. The van der Waals surface area contributed by atoms with E-state index in [1.807, 2.05) is 36.9 Å². The van der Waals surface area contributed by atoms with Gasteiger partial charge in [-0.1, -0.05) is 30.8 Å². The highest BCUT2D eigenvalue weighted by Crippen LogP contribution is 2.27. The van der Waals surface area contributed by atoms with Gasteiger partial charge in [0.05, 0.1) is 17.9 Å². The van der Waals surface area contributed by atoms with Crippen LogP contribution >= 0.6 is 0 Å². The van der Waals surface area contributed by atoms with Crippen molar-refractivity contribution in [3.05, 3.63) is 29.5 Å². The third-order valence-corrected chi connectivity index (χ3v) is 3.89. The second-order valence-corrected chi connectivity index (χ2v) is 6.08. The smallest absolute Gasteiger partial charge is 0.150 e. The van der Waals surface area contributed by atoms with Crippen LogP contribution in [0.15, 0.2) is 23.5 Å². The molecule has 2 heterocycles. The fourth-order valence-electron chi connectivity index (χ4n) is 2.76. The van der Waals surface area contributed by atoms with E-state index in [1.54, 1.807) is 0 Å². The highest BCUT2D eigenvalue weighted by Gasteiger charge is 2.19. The van der Waals surface area contributed by atoms with Crippen molar-refractivity contribution in [1.29, 1.82) is 0 Å². The molecule has 5 heteroatoms. The second kappa shape index (κ2) is 6.84. The topological polar surface area (TPSA) is 59.6 Å². The molecule has 2 aromatic rings. The van der Waals surface area contributed by atoms with Gasteiger partial charge in [-0.15, -0.1) is 0 Å². The summed E-state index contributed by atoms with van der Waals surface area (Å²) in [4.78, 5) is 0. The minimum atomic E-state index is -0.0206. The third kappa shape index (κ3) is 3.38. The van der Waals surface area contributed by atoms with Gasteiger partial charge in [0, 0.05) is 29.0 Å². The van der Waals surface area contributed by atoms with Crippen LogP contribution in [0.25, 0.3) is 10.9 Å². The molecular formula is C18H21N3O2. The standard InChI is InChI=1S/C18H21N3O2/c1-13(2)6-7-14-9-16-11-19-21(18-5-3-4-8-23-18)17(16)10-15(14)12-20-22/h9-13,18,22H,3-5,8H2,1-2H3/b20-12+. The van der Waals surface area contributed by atoms with Gasteiger partial charge in [-0.2, -0.15) is 5.10 Å². The molecule has 120 valence electrons. The summed E-state index contributed by atoms with van der Waals surface area (Å²) in [5.41, 5.74) is 2.60. The maximum absolute atomic E-state index is 8.94. The first kappa shape index (κ1) is 15.6. The maximum atomic E-state index is 8.94. The van der Waals surface area contributed by atoms with Gasteiger partial charge in [0.2, 0.25) is 0 Å². The van der Waals surface area contributed by atoms with Crippen molar-refractivity contribution in [2.24, 2.45) is 11.1 Å². The summed E-state index contributed by atoms with van der Waals surface area (Å²) < 4.78 is 7.75. The van der Waals surface area contributed by atoms with Crippen LogP contribution in [-0.2, 0) is 4.74 Å². The number of aromatic nitrogens is 2. The summed E-state index contributed by atoms with van der Waals surface area (Å²) in [6.07, 6.45) is 6.46. The first-order valence-corrected chi connectivity index (χ1v) is 8.01. The lowest BCUT2D eigenvalue weighted by molar-refractivity contribution is -0.0366. The zero-order chi connectivity index (χ0) is 16.2. The van der Waals surface area contributed by atoms with E-state index >= 15 is 0 Å². The molecule has 1 fully saturated rings. The van der Waals surface area contributed by atoms with Crippen molar-refractivity contribution in [3.8, 4) is 11.8 Å². The number of nitrogens with zero attached hydrogens (tertiary/aromatic N) is 3. The van der Waals surface area contributed by atoms with Gasteiger partial charge in [0.25, 0.3) is 0 Å². The molecule has 1 atom stereocenters. The van der Waals surface area contributed by atoms with Crippen molar-refractivity contribution >= 4 is 17.1 Å². The molecule has 1 aliphatic heterocycles. The van der Waals surface area contributed by atoms with Crippen molar-refractivity contribution in [2.75, 3.05) is 6.61 Å². The fraction of sp³-hybridized carbons (Fsp3) is 0.444. The number of hydrogen-bond acceptors (Lipinski definition) is 4. The molecule has 3 rings (SSSR count). The molecule has 0 aliphatic carbocycles. The zero-order valence-electron chi connectivity index (χ0n) is 13.5. The summed E-state index contributed by atoms with van der Waals surface area (Å²) in [6.45, 7) is 4.86. The number of fused-ring (bicyclic) bond motifs is 1. The Hall–Kier alpha value is -2.32. The van der Waals surface area contributed by atoms with Crippen LogP contribution in [-0.4, -0.2) is 27.8 Å². The minimum Gasteiger partial charge on any atom is -0.411 e. The Kier molecular flexibility index (Phi) is 4.63. The van der Waals surface area contributed by atoms with Crippen LogP contribution in [0.1, 0.15) is 50.5 Å². The molecule has 0 radical (unpaired) electrons. The van der Waals surface area contributed by atoms with E-state index in [4.69, 9.17) is 9.94 Å². The Labute approximate surface area is 135 Å². The Balaban J connectivity index is 2.07. The lowest BCUT2D eigenvalue weighted by atomic mass is 10.0.